The molecule has 1 aromatic carbocycles. The van der Waals surface area contributed by atoms with Crippen molar-refractivity contribution in [3.8, 4) is 5.75 Å². The van der Waals surface area contributed by atoms with Crippen molar-refractivity contribution in [2.24, 2.45) is 5.73 Å². The van der Waals surface area contributed by atoms with E-state index in [1.165, 1.54) is 19.1 Å². The summed E-state index contributed by atoms with van der Waals surface area (Å²) < 4.78 is 13.5. The van der Waals surface area contributed by atoms with Gasteiger partial charge in [0.05, 0.1) is 0 Å². The second kappa shape index (κ2) is 3.11. The summed E-state index contributed by atoms with van der Waals surface area (Å²) in [6, 6.07) is 6.29. The normalized spacial score (nSPS) is 15.6. The van der Waals surface area contributed by atoms with Gasteiger partial charge in [-0.1, -0.05) is 18.2 Å². The average Bonchev–Trinajstić information content (AvgIpc) is 2.05. The van der Waals surface area contributed by atoms with Gasteiger partial charge in [0.1, 0.15) is 11.4 Å². The zero-order chi connectivity index (χ0) is 9.19. The van der Waals surface area contributed by atoms with Crippen LogP contribution >= 0.6 is 0 Å². The lowest BCUT2D eigenvalue weighted by Gasteiger charge is -2.19. The molecule has 0 spiro atoms. The first-order valence-electron chi connectivity index (χ1n) is 3.75. The minimum Gasteiger partial charge on any atom is -0.508 e. The van der Waals surface area contributed by atoms with E-state index < -0.39 is 5.67 Å². The summed E-state index contributed by atoms with van der Waals surface area (Å²) in [6.07, 6.45) is 0. The van der Waals surface area contributed by atoms with Crippen LogP contribution in [0.1, 0.15) is 12.5 Å². The van der Waals surface area contributed by atoms with Crippen molar-refractivity contribution in [1.29, 1.82) is 0 Å². The molecule has 0 aromatic heterocycles. The first-order valence-corrected chi connectivity index (χ1v) is 3.75. The average molecular weight is 169 g/mol. The highest BCUT2D eigenvalue weighted by atomic mass is 19.1. The van der Waals surface area contributed by atoms with Crippen LogP contribution in [0.3, 0.4) is 0 Å². The van der Waals surface area contributed by atoms with Crippen LogP contribution in [0.4, 0.5) is 4.39 Å². The Morgan fingerprint density at radius 3 is 2.58 bits per heavy atom. The van der Waals surface area contributed by atoms with Gasteiger partial charge < -0.3 is 10.8 Å². The first-order chi connectivity index (χ1) is 5.58. The summed E-state index contributed by atoms with van der Waals surface area (Å²) in [5.74, 6) is -0.0482. The Balaban J connectivity index is 3.10. The van der Waals surface area contributed by atoms with E-state index in [0.29, 0.717) is 0 Å². The molecule has 1 unspecified atom stereocenters. The summed E-state index contributed by atoms with van der Waals surface area (Å²) >= 11 is 0. The van der Waals surface area contributed by atoms with Crippen LogP contribution in [0.5, 0.6) is 5.75 Å². The Hall–Kier alpha value is -1.09. The maximum atomic E-state index is 13.5. The molecule has 12 heavy (non-hydrogen) atoms. The molecule has 0 fully saturated rings. The van der Waals surface area contributed by atoms with E-state index in [1.54, 1.807) is 12.1 Å². The maximum absolute atomic E-state index is 13.5. The Labute approximate surface area is 70.8 Å². The molecule has 0 amide bonds. The van der Waals surface area contributed by atoms with Crippen molar-refractivity contribution in [1.82, 2.24) is 0 Å². The van der Waals surface area contributed by atoms with Crippen molar-refractivity contribution in [3.05, 3.63) is 29.8 Å². The van der Waals surface area contributed by atoms with Crippen molar-refractivity contribution >= 4 is 0 Å². The van der Waals surface area contributed by atoms with E-state index in [0.717, 1.165) is 0 Å². The third kappa shape index (κ3) is 1.56. The number of halogens is 1. The molecule has 0 saturated heterocycles. The van der Waals surface area contributed by atoms with Crippen molar-refractivity contribution in [2.45, 2.75) is 12.6 Å². The molecule has 0 bridgehead atoms. The third-order valence-electron chi connectivity index (χ3n) is 1.85. The Kier molecular flexibility index (Phi) is 2.33. The number of benzene rings is 1. The number of para-hydroxylation sites is 1. The van der Waals surface area contributed by atoms with E-state index in [2.05, 4.69) is 0 Å². The molecular formula is C9H12FNO. The lowest BCUT2D eigenvalue weighted by Crippen LogP contribution is -2.26. The van der Waals surface area contributed by atoms with Crippen LogP contribution in [-0.2, 0) is 5.67 Å². The molecular weight excluding hydrogens is 157 g/mol. The molecule has 0 saturated carbocycles. The zero-order valence-electron chi connectivity index (χ0n) is 6.92. The molecule has 0 aliphatic rings. The van der Waals surface area contributed by atoms with Gasteiger partial charge >= 0.3 is 0 Å². The Morgan fingerprint density at radius 1 is 1.50 bits per heavy atom. The smallest absolute Gasteiger partial charge is 0.148 e. The van der Waals surface area contributed by atoms with Crippen molar-refractivity contribution in [3.63, 3.8) is 0 Å². The fourth-order valence-electron chi connectivity index (χ4n) is 1.02. The molecule has 0 radical (unpaired) electrons. The van der Waals surface area contributed by atoms with Crippen LogP contribution in [0.25, 0.3) is 0 Å². The predicted octanol–water partition coefficient (Wildman–Crippen LogP) is 1.54. The van der Waals surface area contributed by atoms with Gasteiger partial charge in [0.25, 0.3) is 0 Å². The van der Waals surface area contributed by atoms with Gasteiger partial charge in [-0.3, -0.25) is 0 Å². The van der Waals surface area contributed by atoms with Gasteiger partial charge in [-0.15, -0.1) is 0 Å². The van der Waals surface area contributed by atoms with Crippen LogP contribution in [0.15, 0.2) is 24.3 Å². The molecule has 0 aliphatic heterocycles. The molecule has 3 N–H and O–H groups in total. The number of nitrogens with two attached hydrogens (primary N) is 1. The topological polar surface area (TPSA) is 46.2 Å². The van der Waals surface area contributed by atoms with Crippen LogP contribution in [-0.4, -0.2) is 11.7 Å². The Bertz CT molecular complexity index is 273. The number of rotatable bonds is 2. The molecule has 3 heteroatoms. The Morgan fingerprint density at radius 2 is 2.08 bits per heavy atom. The van der Waals surface area contributed by atoms with Gasteiger partial charge in [0.2, 0.25) is 0 Å². The van der Waals surface area contributed by atoms with E-state index >= 15 is 0 Å². The van der Waals surface area contributed by atoms with E-state index in [1.807, 2.05) is 0 Å². The highest BCUT2D eigenvalue weighted by Gasteiger charge is 2.26. The van der Waals surface area contributed by atoms with Gasteiger partial charge in [-0.05, 0) is 13.0 Å². The number of hydrogen-bond acceptors (Lipinski definition) is 2. The molecule has 66 valence electrons. The molecule has 1 aromatic rings. The number of phenolic OH excluding ortho intramolecular Hbond substituents is 1. The predicted molar refractivity (Wildman–Crippen MR) is 45.6 cm³/mol. The number of aromatic hydroxyl groups is 1. The molecule has 2 nitrogen and oxygen atoms in total. The maximum Gasteiger partial charge on any atom is 0.148 e. The summed E-state index contributed by atoms with van der Waals surface area (Å²) in [6.45, 7) is 1.21. The van der Waals surface area contributed by atoms with Crippen molar-refractivity contribution < 1.29 is 9.50 Å². The third-order valence-corrected chi connectivity index (χ3v) is 1.85. The number of hydrogen-bond donors (Lipinski definition) is 2. The largest absolute Gasteiger partial charge is 0.508 e. The SMILES string of the molecule is CC(F)(CN)c1ccccc1O. The molecule has 0 heterocycles. The van der Waals surface area contributed by atoms with Gasteiger partial charge in [-0.25, -0.2) is 4.39 Å². The summed E-state index contributed by atoms with van der Waals surface area (Å²) in [5, 5.41) is 9.28. The summed E-state index contributed by atoms with van der Waals surface area (Å²) in [7, 11) is 0. The van der Waals surface area contributed by atoms with Crippen molar-refractivity contribution in [2.75, 3.05) is 6.54 Å². The van der Waals surface area contributed by atoms with Crippen LogP contribution in [0.2, 0.25) is 0 Å². The second-order valence-electron chi connectivity index (χ2n) is 2.92. The first kappa shape index (κ1) is 9.00. The summed E-state index contributed by atoms with van der Waals surface area (Å²) in [5.41, 5.74) is 3.82. The minimum absolute atomic E-state index is 0.0482. The molecule has 1 rings (SSSR count). The minimum atomic E-state index is -1.65. The molecule has 1 atom stereocenters. The quantitative estimate of drug-likeness (QED) is 0.705. The van der Waals surface area contributed by atoms with Gasteiger partial charge in [-0.2, -0.15) is 0 Å². The van der Waals surface area contributed by atoms with Crippen LogP contribution in [0, 0.1) is 0 Å². The zero-order valence-corrected chi connectivity index (χ0v) is 6.92. The fraction of sp³-hybridized carbons (Fsp3) is 0.333. The van der Waals surface area contributed by atoms with Gasteiger partial charge in [0.15, 0.2) is 0 Å². The highest BCUT2D eigenvalue weighted by Crippen LogP contribution is 2.30. The fourth-order valence-corrected chi connectivity index (χ4v) is 1.02. The van der Waals surface area contributed by atoms with E-state index in [9.17, 15) is 9.50 Å². The second-order valence-corrected chi connectivity index (χ2v) is 2.92. The monoisotopic (exact) mass is 169 g/mol. The lowest BCUT2D eigenvalue weighted by atomic mass is 9.97. The lowest BCUT2D eigenvalue weighted by molar-refractivity contribution is 0.197. The summed E-state index contributed by atoms with van der Waals surface area (Å²) in [4.78, 5) is 0. The highest BCUT2D eigenvalue weighted by molar-refractivity contribution is 5.36. The van der Waals surface area contributed by atoms with E-state index in [4.69, 9.17) is 5.73 Å². The number of phenols is 1. The van der Waals surface area contributed by atoms with E-state index in [-0.39, 0.29) is 17.9 Å². The molecule has 0 aliphatic carbocycles. The van der Waals surface area contributed by atoms with Crippen LogP contribution < -0.4 is 5.73 Å². The standard InChI is InChI=1S/C9H12FNO/c1-9(10,6-11)7-4-2-3-5-8(7)12/h2-5,12H,6,11H2,1H3. The number of alkyl halides is 1. The van der Waals surface area contributed by atoms with Gasteiger partial charge in [0, 0.05) is 12.1 Å².